The van der Waals surface area contributed by atoms with E-state index in [-0.39, 0.29) is 11.8 Å². The first kappa shape index (κ1) is 23.5. The zero-order valence-electron chi connectivity index (χ0n) is 18.4. The molecule has 2 aromatic rings. The molecule has 5 heteroatoms. The molecule has 0 aliphatic carbocycles. The van der Waals surface area contributed by atoms with Crippen LogP contribution in [0.25, 0.3) is 0 Å². The highest BCUT2D eigenvalue weighted by atomic mass is 16.5. The van der Waals surface area contributed by atoms with Crippen molar-refractivity contribution in [1.82, 2.24) is 10.2 Å². The molecule has 2 amide bonds. The molecule has 0 unspecified atom stereocenters. The lowest BCUT2D eigenvalue weighted by atomic mass is 10.1. The van der Waals surface area contributed by atoms with Gasteiger partial charge in [0.15, 0.2) is 0 Å². The third-order valence-electron chi connectivity index (χ3n) is 5.20. The van der Waals surface area contributed by atoms with Crippen molar-refractivity contribution in [2.24, 2.45) is 0 Å². The van der Waals surface area contributed by atoms with E-state index in [9.17, 15) is 9.59 Å². The van der Waals surface area contributed by atoms with Crippen molar-refractivity contribution in [2.45, 2.75) is 58.5 Å². The quantitative estimate of drug-likeness (QED) is 0.529. The molecule has 0 fully saturated rings. The second-order valence-electron chi connectivity index (χ2n) is 7.42. The maximum Gasteiger partial charge on any atom is 0.242 e. The number of carbonyl (C=O) groups excluding carboxylic acids is 2. The van der Waals surface area contributed by atoms with Crippen molar-refractivity contribution in [2.75, 3.05) is 13.7 Å². The monoisotopic (exact) mass is 410 g/mol. The fraction of sp³-hybridized carbons (Fsp3) is 0.440. The highest BCUT2D eigenvalue weighted by molar-refractivity contribution is 5.87. The standard InChI is InChI=1S/C25H34N2O3/c1-4-6-18-26-25(29)23(5-2)27(19-21-12-15-22(30-3)16-13-21)24(28)17-14-20-10-8-7-9-11-20/h7-13,15-16,23H,4-6,14,17-19H2,1-3H3,(H,26,29)/t23-/m1/s1. The molecule has 5 nitrogen and oxygen atoms in total. The summed E-state index contributed by atoms with van der Waals surface area (Å²) in [7, 11) is 1.63. The Bertz CT molecular complexity index is 775. The minimum Gasteiger partial charge on any atom is -0.497 e. The third kappa shape index (κ3) is 7.21. The largest absolute Gasteiger partial charge is 0.497 e. The summed E-state index contributed by atoms with van der Waals surface area (Å²) in [4.78, 5) is 27.8. The summed E-state index contributed by atoms with van der Waals surface area (Å²) >= 11 is 0. The Morgan fingerprint density at radius 2 is 1.70 bits per heavy atom. The highest BCUT2D eigenvalue weighted by Gasteiger charge is 2.28. The minimum absolute atomic E-state index is 0.00726. The molecule has 2 aromatic carbocycles. The Labute approximate surface area is 180 Å². The van der Waals surface area contributed by atoms with Crippen molar-refractivity contribution in [1.29, 1.82) is 0 Å². The van der Waals surface area contributed by atoms with Crippen LogP contribution in [0.1, 0.15) is 50.7 Å². The number of amides is 2. The summed E-state index contributed by atoms with van der Waals surface area (Å²) in [5.41, 5.74) is 2.10. The number of ether oxygens (including phenoxy) is 1. The van der Waals surface area contributed by atoms with Gasteiger partial charge in [0.2, 0.25) is 11.8 Å². The van der Waals surface area contributed by atoms with Crippen LogP contribution < -0.4 is 10.1 Å². The number of benzene rings is 2. The fourth-order valence-electron chi connectivity index (χ4n) is 3.39. The van der Waals surface area contributed by atoms with Crippen molar-refractivity contribution in [3.05, 3.63) is 65.7 Å². The summed E-state index contributed by atoms with van der Waals surface area (Å²) in [6.45, 7) is 5.08. The highest BCUT2D eigenvalue weighted by Crippen LogP contribution is 2.17. The minimum atomic E-state index is -0.479. The van der Waals surface area contributed by atoms with Gasteiger partial charge in [-0.1, -0.05) is 62.7 Å². The van der Waals surface area contributed by atoms with Crippen molar-refractivity contribution in [3.8, 4) is 5.75 Å². The average molecular weight is 411 g/mol. The fourth-order valence-corrected chi connectivity index (χ4v) is 3.39. The van der Waals surface area contributed by atoms with Gasteiger partial charge >= 0.3 is 0 Å². The summed E-state index contributed by atoms with van der Waals surface area (Å²) in [6, 6.07) is 17.1. The van der Waals surface area contributed by atoms with E-state index in [0.29, 0.717) is 32.4 Å². The van der Waals surface area contributed by atoms with Gasteiger partial charge in [0.05, 0.1) is 7.11 Å². The molecular formula is C25H34N2O3. The third-order valence-corrected chi connectivity index (χ3v) is 5.20. The second kappa shape index (κ2) is 12.7. The molecule has 0 heterocycles. The molecule has 30 heavy (non-hydrogen) atoms. The number of aryl methyl sites for hydroxylation is 1. The average Bonchev–Trinajstić information content (AvgIpc) is 2.78. The van der Waals surface area contributed by atoms with Crippen LogP contribution in [0.2, 0.25) is 0 Å². The molecule has 162 valence electrons. The Morgan fingerprint density at radius 3 is 2.30 bits per heavy atom. The number of unbranched alkanes of at least 4 members (excludes halogenated alkanes) is 1. The molecular weight excluding hydrogens is 376 g/mol. The van der Waals surface area contributed by atoms with Gasteiger partial charge in [-0.25, -0.2) is 0 Å². The van der Waals surface area contributed by atoms with Gasteiger partial charge in [0.25, 0.3) is 0 Å². The van der Waals surface area contributed by atoms with E-state index in [1.165, 1.54) is 0 Å². The van der Waals surface area contributed by atoms with Crippen LogP contribution in [0.4, 0.5) is 0 Å². The number of rotatable bonds is 12. The van der Waals surface area contributed by atoms with Gasteiger partial charge in [0.1, 0.15) is 11.8 Å². The molecule has 0 radical (unpaired) electrons. The van der Waals surface area contributed by atoms with E-state index in [1.807, 2.05) is 61.5 Å². The lowest BCUT2D eigenvalue weighted by molar-refractivity contribution is -0.141. The van der Waals surface area contributed by atoms with Gasteiger partial charge in [-0.3, -0.25) is 9.59 Å². The topological polar surface area (TPSA) is 58.6 Å². The smallest absolute Gasteiger partial charge is 0.242 e. The van der Waals surface area contributed by atoms with Gasteiger partial charge < -0.3 is 15.0 Å². The Kier molecular flexibility index (Phi) is 9.92. The molecule has 0 aliphatic rings. The van der Waals surface area contributed by atoms with Crippen molar-refractivity contribution in [3.63, 3.8) is 0 Å². The molecule has 0 bridgehead atoms. The lowest BCUT2D eigenvalue weighted by Crippen LogP contribution is -2.49. The summed E-state index contributed by atoms with van der Waals surface area (Å²) in [6.07, 6.45) is 3.56. The van der Waals surface area contributed by atoms with Gasteiger partial charge in [-0.15, -0.1) is 0 Å². The molecule has 1 atom stereocenters. The van der Waals surface area contributed by atoms with E-state index < -0.39 is 6.04 Å². The van der Waals surface area contributed by atoms with E-state index >= 15 is 0 Å². The SMILES string of the molecule is CCCCNC(=O)[C@@H](CC)N(Cc1ccc(OC)cc1)C(=O)CCc1ccccc1. The van der Waals surface area contributed by atoms with Crippen LogP contribution in [-0.2, 0) is 22.6 Å². The summed E-state index contributed by atoms with van der Waals surface area (Å²) in [5.74, 6) is 0.685. The number of methoxy groups -OCH3 is 1. The van der Waals surface area contributed by atoms with E-state index in [4.69, 9.17) is 4.74 Å². The molecule has 2 rings (SSSR count). The first-order valence-electron chi connectivity index (χ1n) is 10.8. The predicted molar refractivity (Wildman–Crippen MR) is 120 cm³/mol. The molecule has 1 N–H and O–H groups in total. The number of nitrogens with zero attached hydrogens (tertiary/aromatic N) is 1. The Morgan fingerprint density at radius 1 is 1.00 bits per heavy atom. The van der Waals surface area contributed by atoms with Crippen LogP contribution in [0.3, 0.4) is 0 Å². The normalized spacial score (nSPS) is 11.6. The first-order chi connectivity index (χ1) is 14.6. The second-order valence-corrected chi connectivity index (χ2v) is 7.42. The van der Waals surface area contributed by atoms with Crippen LogP contribution >= 0.6 is 0 Å². The summed E-state index contributed by atoms with van der Waals surface area (Å²) in [5, 5.41) is 2.99. The van der Waals surface area contributed by atoms with Crippen molar-refractivity contribution < 1.29 is 14.3 Å². The Hall–Kier alpha value is -2.82. The molecule has 0 saturated heterocycles. The predicted octanol–water partition coefficient (Wildman–Crippen LogP) is 4.35. The van der Waals surface area contributed by atoms with Crippen LogP contribution in [0.5, 0.6) is 5.75 Å². The Balaban J connectivity index is 2.15. The van der Waals surface area contributed by atoms with Crippen molar-refractivity contribution >= 4 is 11.8 Å². The van der Waals surface area contributed by atoms with E-state index in [0.717, 1.165) is 29.7 Å². The first-order valence-corrected chi connectivity index (χ1v) is 10.8. The van der Waals surface area contributed by atoms with Gasteiger partial charge in [-0.2, -0.15) is 0 Å². The zero-order chi connectivity index (χ0) is 21.8. The zero-order valence-corrected chi connectivity index (χ0v) is 18.4. The number of hydrogen-bond acceptors (Lipinski definition) is 3. The number of hydrogen-bond donors (Lipinski definition) is 1. The molecule has 0 spiro atoms. The van der Waals surface area contributed by atoms with Crippen LogP contribution in [-0.4, -0.2) is 36.4 Å². The lowest BCUT2D eigenvalue weighted by Gasteiger charge is -2.31. The molecule has 0 saturated carbocycles. The molecule has 0 aliphatic heterocycles. The van der Waals surface area contributed by atoms with Crippen LogP contribution in [0, 0.1) is 0 Å². The van der Waals surface area contributed by atoms with Gasteiger partial charge in [-0.05, 0) is 42.5 Å². The van der Waals surface area contributed by atoms with Crippen LogP contribution in [0.15, 0.2) is 54.6 Å². The summed E-state index contributed by atoms with van der Waals surface area (Å²) < 4.78 is 5.23. The number of carbonyl (C=O) groups is 2. The van der Waals surface area contributed by atoms with Gasteiger partial charge in [0, 0.05) is 19.5 Å². The number of nitrogens with one attached hydrogen (secondary N) is 1. The maximum atomic E-state index is 13.2. The molecule has 0 aromatic heterocycles. The van der Waals surface area contributed by atoms with E-state index in [2.05, 4.69) is 12.2 Å². The maximum absolute atomic E-state index is 13.2. The van der Waals surface area contributed by atoms with E-state index in [1.54, 1.807) is 12.0 Å².